The van der Waals surface area contributed by atoms with E-state index in [1.54, 1.807) is 18.7 Å². The number of piperidine rings is 1. The van der Waals surface area contributed by atoms with Crippen LogP contribution in [0.4, 0.5) is 5.95 Å². The first-order chi connectivity index (χ1) is 9.83. The zero-order valence-electron chi connectivity index (χ0n) is 11.7. The minimum Gasteiger partial charge on any atom is -0.348 e. The van der Waals surface area contributed by atoms with Crippen molar-refractivity contribution in [2.45, 2.75) is 32.4 Å². The maximum atomic E-state index is 4.33. The Bertz CT molecular complexity index is 538. The van der Waals surface area contributed by atoms with Crippen LogP contribution in [0.2, 0.25) is 0 Å². The lowest BCUT2D eigenvalue weighted by Gasteiger charge is -2.33. The third-order valence-corrected chi connectivity index (χ3v) is 3.75. The van der Waals surface area contributed by atoms with E-state index in [1.165, 1.54) is 6.42 Å². The largest absolute Gasteiger partial charge is 0.348 e. The summed E-state index contributed by atoms with van der Waals surface area (Å²) in [7, 11) is 0. The summed E-state index contributed by atoms with van der Waals surface area (Å²) < 4.78 is 0. The number of nitrogens with zero attached hydrogens (tertiary/aromatic N) is 4. The Morgan fingerprint density at radius 3 is 2.95 bits per heavy atom. The highest BCUT2D eigenvalue weighted by Gasteiger charge is 2.21. The van der Waals surface area contributed by atoms with Crippen molar-refractivity contribution in [3.63, 3.8) is 0 Å². The fraction of sp³-hybridized carbons (Fsp3) is 0.500. The zero-order chi connectivity index (χ0) is 13.8. The summed E-state index contributed by atoms with van der Waals surface area (Å²) in [4.78, 5) is 18.3. The molecule has 0 radical (unpaired) electrons. The van der Waals surface area contributed by atoms with Crippen LogP contribution >= 0.6 is 0 Å². The lowest BCUT2D eigenvalue weighted by atomic mass is 10.1. The van der Waals surface area contributed by atoms with E-state index in [9.17, 15) is 0 Å². The normalized spacial score (nSPS) is 19.2. The monoisotopic (exact) mass is 272 g/mol. The van der Waals surface area contributed by atoms with Crippen molar-refractivity contribution in [1.29, 1.82) is 0 Å². The number of imidazole rings is 1. The van der Waals surface area contributed by atoms with Crippen LogP contribution in [0.5, 0.6) is 0 Å². The zero-order valence-corrected chi connectivity index (χ0v) is 11.7. The molecule has 106 valence electrons. The van der Waals surface area contributed by atoms with Crippen molar-refractivity contribution >= 4 is 5.95 Å². The second-order valence-electron chi connectivity index (χ2n) is 5.19. The number of aromatic amines is 1. The average Bonchev–Trinajstić information content (AvgIpc) is 2.92. The SMILES string of the molecule is Cc1[nH]cnc1CNC1CCCN(c2ncccn2)C1. The number of anilines is 1. The number of nitrogens with one attached hydrogen (secondary N) is 2. The summed E-state index contributed by atoms with van der Waals surface area (Å²) in [6.07, 6.45) is 7.69. The van der Waals surface area contributed by atoms with Gasteiger partial charge in [0.15, 0.2) is 0 Å². The van der Waals surface area contributed by atoms with Crippen LogP contribution in [0.15, 0.2) is 24.8 Å². The highest BCUT2D eigenvalue weighted by molar-refractivity contribution is 5.29. The summed E-state index contributed by atoms with van der Waals surface area (Å²) in [6, 6.07) is 2.31. The number of H-pyrrole nitrogens is 1. The summed E-state index contributed by atoms with van der Waals surface area (Å²) in [5, 5.41) is 3.58. The van der Waals surface area contributed by atoms with E-state index in [0.29, 0.717) is 6.04 Å². The molecule has 1 aliphatic rings. The van der Waals surface area contributed by atoms with Gasteiger partial charge in [-0.2, -0.15) is 0 Å². The van der Waals surface area contributed by atoms with Gasteiger partial charge in [-0.25, -0.2) is 15.0 Å². The van der Waals surface area contributed by atoms with E-state index in [-0.39, 0.29) is 0 Å². The lowest BCUT2D eigenvalue weighted by Crippen LogP contribution is -2.46. The summed E-state index contributed by atoms with van der Waals surface area (Å²) >= 11 is 0. The van der Waals surface area contributed by atoms with Crippen LogP contribution in [0.25, 0.3) is 0 Å². The quantitative estimate of drug-likeness (QED) is 0.877. The molecule has 0 amide bonds. The molecule has 1 unspecified atom stereocenters. The maximum Gasteiger partial charge on any atom is 0.225 e. The number of hydrogen-bond acceptors (Lipinski definition) is 5. The van der Waals surface area contributed by atoms with Gasteiger partial charge in [0.25, 0.3) is 0 Å². The second kappa shape index (κ2) is 6.00. The first-order valence-electron chi connectivity index (χ1n) is 7.07. The Labute approximate surface area is 118 Å². The van der Waals surface area contributed by atoms with E-state index in [4.69, 9.17) is 0 Å². The highest BCUT2D eigenvalue weighted by atomic mass is 15.3. The molecule has 1 atom stereocenters. The minimum atomic E-state index is 0.462. The molecule has 0 bridgehead atoms. The molecule has 6 nitrogen and oxygen atoms in total. The average molecular weight is 272 g/mol. The van der Waals surface area contributed by atoms with Crippen LogP contribution in [-0.2, 0) is 6.54 Å². The van der Waals surface area contributed by atoms with Gasteiger partial charge in [-0.3, -0.25) is 0 Å². The van der Waals surface area contributed by atoms with Crippen molar-refractivity contribution < 1.29 is 0 Å². The van der Waals surface area contributed by atoms with Crippen molar-refractivity contribution in [1.82, 2.24) is 25.3 Å². The fourth-order valence-corrected chi connectivity index (χ4v) is 2.59. The van der Waals surface area contributed by atoms with Gasteiger partial charge in [-0.05, 0) is 25.8 Å². The molecule has 1 saturated heterocycles. The molecule has 0 saturated carbocycles. The third kappa shape index (κ3) is 2.96. The molecular weight excluding hydrogens is 252 g/mol. The van der Waals surface area contributed by atoms with Gasteiger partial charge in [0.05, 0.1) is 12.0 Å². The lowest BCUT2D eigenvalue weighted by molar-refractivity contribution is 0.416. The summed E-state index contributed by atoms with van der Waals surface area (Å²) in [5.41, 5.74) is 2.23. The molecule has 3 heterocycles. The second-order valence-corrected chi connectivity index (χ2v) is 5.19. The molecule has 2 aromatic rings. The minimum absolute atomic E-state index is 0.462. The van der Waals surface area contributed by atoms with Gasteiger partial charge < -0.3 is 15.2 Å². The van der Waals surface area contributed by atoms with Crippen molar-refractivity contribution in [3.8, 4) is 0 Å². The standard InChI is InChI=1S/C14H20N6/c1-11-13(19-10-18-11)8-17-12-4-2-7-20(9-12)14-15-5-3-6-16-14/h3,5-6,10,12,17H,2,4,7-9H2,1H3,(H,18,19). The number of rotatable bonds is 4. The Morgan fingerprint density at radius 1 is 1.35 bits per heavy atom. The van der Waals surface area contributed by atoms with Crippen LogP contribution in [0, 0.1) is 6.92 Å². The molecule has 3 rings (SSSR count). The molecule has 0 spiro atoms. The van der Waals surface area contributed by atoms with E-state index in [1.807, 2.05) is 6.07 Å². The van der Waals surface area contributed by atoms with Gasteiger partial charge in [0.1, 0.15) is 0 Å². The van der Waals surface area contributed by atoms with Crippen LogP contribution < -0.4 is 10.2 Å². The molecule has 1 aliphatic heterocycles. The predicted octanol–water partition coefficient (Wildman–Crippen LogP) is 1.27. The van der Waals surface area contributed by atoms with E-state index in [0.717, 1.165) is 43.4 Å². The molecule has 6 heteroatoms. The molecule has 0 aliphatic carbocycles. The van der Waals surface area contributed by atoms with Crippen LogP contribution in [0.3, 0.4) is 0 Å². The van der Waals surface area contributed by atoms with Crippen molar-refractivity contribution in [2.24, 2.45) is 0 Å². The van der Waals surface area contributed by atoms with Gasteiger partial charge in [-0.15, -0.1) is 0 Å². The smallest absolute Gasteiger partial charge is 0.225 e. The van der Waals surface area contributed by atoms with Gasteiger partial charge in [-0.1, -0.05) is 0 Å². The number of aryl methyl sites for hydroxylation is 1. The van der Waals surface area contributed by atoms with Crippen LogP contribution in [0.1, 0.15) is 24.2 Å². The van der Waals surface area contributed by atoms with Gasteiger partial charge in [0, 0.05) is 43.8 Å². The Hall–Kier alpha value is -1.95. The van der Waals surface area contributed by atoms with E-state index >= 15 is 0 Å². The predicted molar refractivity (Wildman–Crippen MR) is 77.4 cm³/mol. The third-order valence-electron chi connectivity index (χ3n) is 3.75. The molecule has 2 aromatic heterocycles. The molecular formula is C14H20N6. The Balaban J connectivity index is 1.57. The van der Waals surface area contributed by atoms with E-state index < -0.39 is 0 Å². The van der Waals surface area contributed by atoms with E-state index in [2.05, 4.69) is 37.1 Å². The van der Waals surface area contributed by atoms with Crippen molar-refractivity contribution in [2.75, 3.05) is 18.0 Å². The molecule has 1 fully saturated rings. The Kier molecular flexibility index (Phi) is 3.92. The highest BCUT2D eigenvalue weighted by Crippen LogP contribution is 2.15. The summed E-state index contributed by atoms with van der Waals surface area (Å²) in [5.74, 6) is 0.829. The molecule has 2 N–H and O–H groups in total. The molecule has 0 aromatic carbocycles. The first kappa shape index (κ1) is 13.1. The van der Waals surface area contributed by atoms with Gasteiger partial charge >= 0.3 is 0 Å². The topological polar surface area (TPSA) is 69.7 Å². The van der Waals surface area contributed by atoms with Gasteiger partial charge in [0.2, 0.25) is 5.95 Å². The number of aromatic nitrogens is 4. The fourth-order valence-electron chi connectivity index (χ4n) is 2.59. The maximum absolute atomic E-state index is 4.33. The Morgan fingerprint density at radius 2 is 2.20 bits per heavy atom. The molecule has 20 heavy (non-hydrogen) atoms. The summed E-state index contributed by atoms with van der Waals surface area (Å²) in [6.45, 7) is 4.84. The number of hydrogen-bond donors (Lipinski definition) is 2. The van der Waals surface area contributed by atoms with Crippen LogP contribution in [-0.4, -0.2) is 39.1 Å². The first-order valence-corrected chi connectivity index (χ1v) is 7.07. The van der Waals surface area contributed by atoms with Crippen molar-refractivity contribution in [3.05, 3.63) is 36.2 Å².